The molecule has 0 unspecified atom stereocenters. The first-order valence-electron chi connectivity index (χ1n) is 9.70. The van der Waals surface area contributed by atoms with Gasteiger partial charge >= 0.3 is 5.97 Å². The normalized spacial score (nSPS) is 16.3. The van der Waals surface area contributed by atoms with Gasteiger partial charge in [0, 0.05) is 13.2 Å². The standard InChI is InChI=1S/C22H26O6S/c23-21(24)22(10-13-27-14-11-22)17-29(25,26)15-5-12-28-20-9-4-8-19(16-20)18-6-2-1-3-7-18/h1-4,6-9,16H,5,10-15,17H2,(H,23,24). The first-order valence-corrected chi connectivity index (χ1v) is 11.5. The lowest BCUT2D eigenvalue weighted by molar-refractivity contribution is -0.152. The molecule has 0 amide bonds. The summed E-state index contributed by atoms with van der Waals surface area (Å²) in [6.07, 6.45) is 0.763. The summed E-state index contributed by atoms with van der Waals surface area (Å²) in [5.74, 6) is -0.822. The highest BCUT2D eigenvalue weighted by Crippen LogP contribution is 2.33. The number of carbonyl (C=O) groups is 1. The zero-order valence-corrected chi connectivity index (χ0v) is 17.1. The smallest absolute Gasteiger partial charge is 0.310 e. The highest BCUT2D eigenvalue weighted by Gasteiger charge is 2.43. The predicted octanol–water partition coefficient (Wildman–Crippen LogP) is 3.42. The second-order valence-electron chi connectivity index (χ2n) is 7.39. The number of aliphatic carboxylic acids is 1. The van der Waals surface area contributed by atoms with E-state index in [1.54, 1.807) is 0 Å². The van der Waals surface area contributed by atoms with Crippen LogP contribution in [0, 0.1) is 5.41 Å². The maximum absolute atomic E-state index is 12.5. The van der Waals surface area contributed by atoms with E-state index in [0.717, 1.165) is 11.1 Å². The van der Waals surface area contributed by atoms with Crippen molar-refractivity contribution in [3.05, 3.63) is 54.6 Å². The molecule has 1 N–H and O–H groups in total. The van der Waals surface area contributed by atoms with E-state index in [1.807, 2.05) is 54.6 Å². The van der Waals surface area contributed by atoms with Crippen LogP contribution in [0.15, 0.2) is 54.6 Å². The molecular weight excluding hydrogens is 392 g/mol. The molecule has 1 aliphatic rings. The lowest BCUT2D eigenvalue weighted by Crippen LogP contribution is -2.43. The monoisotopic (exact) mass is 418 g/mol. The molecule has 0 aromatic heterocycles. The Bertz CT molecular complexity index is 917. The second kappa shape index (κ2) is 9.41. The SMILES string of the molecule is O=C(O)C1(CS(=O)(=O)CCCOc2cccc(-c3ccccc3)c2)CCOCC1. The van der Waals surface area contributed by atoms with Crippen molar-refractivity contribution in [2.45, 2.75) is 19.3 Å². The third-order valence-electron chi connectivity index (χ3n) is 5.21. The highest BCUT2D eigenvalue weighted by atomic mass is 32.2. The van der Waals surface area contributed by atoms with E-state index >= 15 is 0 Å². The Labute approximate surface area is 171 Å². The van der Waals surface area contributed by atoms with Crippen LogP contribution in [-0.2, 0) is 19.4 Å². The predicted molar refractivity (Wildman–Crippen MR) is 111 cm³/mol. The van der Waals surface area contributed by atoms with Gasteiger partial charge in [0.2, 0.25) is 0 Å². The van der Waals surface area contributed by atoms with Crippen molar-refractivity contribution >= 4 is 15.8 Å². The quantitative estimate of drug-likeness (QED) is 0.628. The lowest BCUT2D eigenvalue weighted by Gasteiger charge is -2.32. The molecule has 7 heteroatoms. The minimum absolute atomic E-state index is 0.0960. The molecule has 3 rings (SSSR count). The fraction of sp³-hybridized carbons (Fsp3) is 0.409. The fourth-order valence-corrected chi connectivity index (χ4v) is 5.50. The molecule has 0 aliphatic carbocycles. The van der Waals surface area contributed by atoms with E-state index in [4.69, 9.17) is 9.47 Å². The highest BCUT2D eigenvalue weighted by molar-refractivity contribution is 7.91. The van der Waals surface area contributed by atoms with Gasteiger partial charge in [-0.2, -0.15) is 0 Å². The molecule has 1 heterocycles. The maximum Gasteiger partial charge on any atom is 0.310 e. The molecule has 0 bridgehead atoms. The summed E-state index contributed by atoms with van der Waals surface area (Å²) in [7, 11) is -3.51. The van der Waals surface area contributed by atoms with Crippen LogP contribution in [0.25, 0.3) is 11.1 Å². The third-order valence-corrected chi connectivity index (χ3v) is 7.11. The van der Waals surface area contributed by atoms with Crippen molar-refractivity contribution in [1.29, 1.82) is 0 Å². The van der Waals surface area contributed by atoms with E-state index in [0.29, 0.717) is 12.2 Å². The lowest BCUT2D eigenvalue weighted by atomic mass is 9.82. The van der Waals surface area contributed by atoms with Gasteiger partial charge in [-0.05, 0) is 42.5 Å². The molecule has 0 atom stereocenters. The summed E-state index contributed by atoms with van der Waals surface area (Å²) in [5.41, 5.74) is 0.872. The van der Waals surface area contributed by atoms with Gasteiger partial charge in [-0.1, -0.05) is 42.5 Å². The summed E-state index contributed by atoms with van der Waals surface area (Å²) in [6, 6.07) is 17.6. The number of ether oxygens (including phenoxy) is 2. The van der Waals surface area contributed by atoms with E-state index in [9.17, 15) is 18.3 Å². The van der Waals surface area contributed by atoms with E-state index in [2.05, 4.69) is 0 Å². The van der Waals surface area contributed by atoms with Crippen molar-refractivity contribution in [1.82, 2.24) is 0 Å². The third kappa shape index (κ3) is 5.81. The second-order valence-corrected chi connectivity index (χ2v) is 9.57. The number of carboxylic acid groups (broad SMARTS) is 1. The molecule has 1 saturated heterocycles. The Hall–Kier alpha value is -2.38. The van der Waals surface area contributed by atoms with Crippen LogP contribution in [-0.4, -0.2) is 50.8 Å². The molecule has 0 radical (unpaired) electrons. The number of benzene rings is 2. The number of hydrogen-bond acceptors (Lipinski definition) is 5. The van der Waals surface area contributed by atoms with Gasteiger partial charge in [-0.15, -0.1) is 0 Å². The molecule has 1 fully saturated rings. The summed E-state index contributed by atoms with van der Waals surface area (Å²) >= 11 is 0. The van der Waals surface area contributed by atoms with Crippen LogP contribution < -0.4 is 4.74 Å². The molecule has 2 aromatic rings. The van der Waals surface area contributed by atoms with Gasteiger partial charge in [-0.25, -0.2) is 8.42 Å². The van der Waals surface area contributed by atoms with Crippen molar-refractivity contribution in [3.63, 3.8) is 0 Å². The van der Waals surface area contributed by atoms with Crippen LogP contribution in [0.2, 0.25) is 0 Å². The molecule has 156 valence electrons. The van der Waals surface area contributed by atoms with Gasteiger partial charge in [0.15, 0.2) is 9.84 Å². The topological polar surface area (TPSA) is 89.9 Å². The first-order chi connectivity index (χ1) is 13.9. The van der Waals surface area contributed by atoms with Gasteiger partial charge < -0.3 is 14.6 Å². The van der Waals surface area contributed by atoms with Crippen molar-refractivity contribution < 1.29 is 27.8 Å². The van der Waals surface area contributed by atoms with Crippen LogP contribution in [0.3, 0.4) is 0 Å². The Kier molecular flexibility index (Phi) is 6.92. The van der Waals surface area contributed by atoms with Crippen LogP contribution in [0.4, 0.5) is 0 Å². The number of carboxylic acids is 1. The minimum Gasteiger partial charge on any atom is -0.494 e. The van der Waals surface area contributed by atoms with E-state index in [1.165, 1.54) is 0 Å². The van der Waals surface area contributed by atoms with Crippen molar-refractivity contribution in [2.24, 2.45) is 5.41 Å². The minimum atomic E-state index is -3.51. The molecule has 0 saturated carbocycles. The Morgan fingerprint density at radius 3 is 2.41 bits per heavy atom. The van der Waals surface area contributed by atoms with Crippen molar-refractivity contribution in [2.75, 3.05) is 31.3 Å². The average molecular weight is 419 g/mol. The zero-order chi connectivity index (χ0) is 20.7. The number of hydrogen-bond donors (Lipinski definition) is 1. The van der Waals surface area contributed by atoms with E-state index < -0.39 is 21.2 Å². The summed E-state index contributed by atoms with van der Waals surface area (Å²) in [6.45, 7) is 0.812. The van der Waals surface area contributed by atoms with Crippen LogP contribution in [0.1, 0.15) is 19.3 Å². The molecule has 1 aliphatic heterocycles. The average Bonchev–Trinajstić information content (AvgIpc) is 2.72. The first kappa shape index (κ1) is 21.3. The fourth-order valence-electron chi connectivity index (χ4n) is 3.54. The van der Waals surface area contributed by atoms with Gasteiger partial charge in [0.05, 0.1) is 23.5 Å². The number of sulfone groups is 1. The Morgan fingerprint density at radius 2 is 1.72 bits per heavy atom. The van der Waals surface area contributed by atoms with Crippen LogP contribution in [0.5, 0.6) is 5.75 Å². The molecular formula is C22H26O6S. The van der Waals surface area contributed by atoms with Gasteiger partial charge in [0.1, 0.15) is 5.75 Å². The molecule has 2 aromatic carbocycles. The zero-order valence-electron chi connectivity index (χ0n) is 16.2. The van der Waals surface area contributed by atoms with Crippen molar-refractivity contribution in [3.8, 4) is 16.9 Å². The largest absolute Gasteiger partial charge is 0.494 e. The van der Waals surface area contributed by atoms with Gasteiger partial charge in [-0.3, -0.25) is 4.79 Å². The molecule has 29 heavy (non-hydrogen) atoms. The number of rotatable bonds is 9. The van der Waals surface area contributed by atoms with Gasteiger partial charge in [0.25, 0.3) is 0 Å². The maximum atomic E-state index is 12.5. The summed E-state index contributed by atoms with van der Waals surface area (Å²) < 4.78 is 35.9. The molecule has 0 spiro atoms. The summed E-state index contributed by atoms with van der Waals surface area (Å²) in [5, 5.41) is 9.55. The van der Waals surface area contributed by atoms with E-state index in [-0.39, 0.29) is 44.2 Å². The summed E-state index contributed by atoms with van der Waals surface area (Å²) in [4.78, 5) is 11.7. The van der Waals surface area contributed by atoms with Crippen LogP contribution >= 0.6 is 0 Å². The molecule has 6 nitrogen and oxygen atoms in total. The Balaban J connectivity index is 1.53. The Morgan fingerprint density at radius 1 is 1.03 bits per heavy atom.